The number of amides is 1. The summed E-state index contributed by atoms with van der Waals surface area (Å²) in [5.74, 6) is 1.22. The summed E-state index contributed by atoms with van der Waals surface area (Å²) in [5.41, 5.74) is 2.72. The summed E-state index contributed by atoms with van der Waals surface area (Å²) >= 11 is 1.61. The highest BCUT2D eigenvalue weighted by Gasteiger charge is 2.30. The highest BCUT2D eigenvalue weighted by Crippen LogP contribution is 2.40. The molecule has 0 radical (unpaired) electrons. The van der Waals surface area contributed by atoms with Crippen LogP contribution in [0.1, 0.15) is 50.3 Å². The summed E-state index contributed by atoms with van der Waals surface area (Å²) in [4.78, 5) is 18.1. The molecule has 0 saturated heterocycles. The zero-order valence-electron chi connectivity index (χ0n) is 16.1. The third-order valence-electron chi connectivity index (χ3n) is 5.11. The van der Waals surface area contributed by atoms with Crippen LogP contribution in [0.25, 0.3) is 0 Å². The minimum Gasteiger partial charge on any atom is -0.484 e. The van der Waals surface area contributed by atoms with E-state index in [1.54, 1.807) is 11.3 Å². The zero-order valence-corrected chi connectivity index (χ0v) is 16.9. The van der Waals surface area contributed by atoms with E-state index in [-0.39, 0.29) is 12.5 Å². The van der Waals surface area contributed by atoms with Crippen LogP contribution in [-0.4, -0.2) is 17.5 Å². The van der Waals surface area contributed by atoms with Crippen LogP contribution < -0.4 is 10.1 Å². The van der Waals surface area contributed by atoms with E-state index >= 15 is 0 Å². The van der Waals surface area contributed by atoms with Crippen molar-refractivity contribution in [1.29, 1.82) is 0 Å². The number of fused-ring (bicyclic) bond motifs is 1. The molecule has 26 heavy (non-hydrogen) atoms. The van der Waals surface area contributed by atoms with Gasteiger partial charge in [-0.3, -0.25) is 10.1 Å². The van der Waals surface area contributed by atoms with Gasteiger partial charge in [0.25, 0.3) is 5.91 Å². The first-order valence-electron chi connectivity index (χ1n) is 9.35. The van der Waals surface area contributed by atoms with Gasteiger partial charge in [0.15, 0.2) is 11.7 Å². The van der Waals surface area contributed by atoms with Crippen LogP contribution >= 0.6 is 11.3 Å². The van der Waals surface area contributed by atoms with E-state index in [0.717, 1.165) is 25.0 Å². The van der Waals surface area contributed by atoms with Crippen LogP contribution in [0.15, 0.2) is 24.3 Å². The summed E-state index contributed by atoms with van der Waals surface area (Å²) in [6, 6.07) is 7.85. The van der Waals surface area contributed by atoms with Gasteiger partial charge in [-0.2, -0.15) is 0 Å². The number of nitrogens with zero attached hydrogens (tertiary/aromatic N) is 1. The SMILES string of the molecule is CCc1ccc(OCC(=O)Nc2nc3c(s2)C[C@@H](C(C)(C)C)CC3)cc1. The molecule has 0 unspecified atom stereocenters. The lowest BCUT2D eigenvalue weighted by molar-refractivity contribution is -0.118. The Hall–Kier alpha value is -1.88. The maximum absolute atomic E-state index is 12.2. The minimum absolute atomic E-state index is 0.000332. The van der Waals surface area contributed by atoms with Crippen LogP contribution in [-0.2, 0) is 24.1 Å². The Morgan fingerprint density at radius 1 is 1.31 bits per heavy atom. The van der Waals surface area contributed by atoms with Gasteiger partial charge in [-0.05, 0) is 54.7 Å². The molecule has 1 aromatic carbocycles. The number of nitrogens with one attached hydrogen (secondary N) is 1. The molecule has 0 bridgehead atoms. The van der Waals surface area contributed by atoms with Gasteiger partial charge >= 0.3 is 0 Å². The maximum Gasteiger partial charge on any atom is 0.264 e. The van der Waals surface area contributed by atoms with Crippen molar-refractivity contribution in [3.05, 3.63) is 40.4 Å². The van der Waals surface area contributed by atoms with Crippen molar-refractivity contribution in [2.75, 3.05) is 11.9 Å². The molecular formula is C21H28N2O2S. The van der Waals surface area contributed by atoms with E-state index in [1.807, 2.05) is 24.3 Å². The topological polar surface area (TPSA) is 51.2 Å². The van der Waals surface area contributed by atoms with E-state index in [4.69, 9.17) is 4.74 Å². The highest BCUT2D eigenvalue weighted by atomic mass is 32.1. The predicted molar refractivity (Wildman–Crippen MR) is 107 cm³/mol. The van der Waals surface area contributed by atoms with Gasteiger partial charge in [0.05, 0.1) is 5.69 Å². The molecule has 1 aromatic heterocycles. The molecule has 1 amide bonds. The Bertz CT molecular complexity index is 759. The first-order chi connectivity index (χ1) is 12.3. The Labute approximate surface area is 160 Å². The fourth-order valence-corrected chi connectivity index (χ4v) is 4.40. The number of hydrogen-bond donors (Lipinski definition) is 1. The zero-order chi connectivity index (χ0) is 18.7. The van der Waals surface area contributed by atoms with E-state index < -0.39 is 0 Å². The van der Waals surface area contributed by atoms with Crippen LogP contribution in [0.2, 0.25) is 0 Å². The summed E-state index contributed by atoms with van der Waals surface area (Å²) < 4.78 is 5.57. The molecule has 1 aliphatic rings. The van der Waals surface area contributed by atoms with Crippen molar-refractivity contribution in [2.24, 2.45) is 11.3 Å². The Balaban J connectivity index is 1.54. The van der Waals surface area contributed by atoms with Crippen molar-refractivity contribution in [1.82, 2.24) is 4.98 Å². The number of hydrogen-bond acceptors (Lipinski definition) is 4. The molecule has 1 heterocycles. The van der Waals surface area contributed by atoms with Crippen molar-refractivity contribution in [3.63, 3.8) is 0 Å². The number of ether oxygens (including phenoxy) is 1. The summed E-state index contributed by atoms with van der Waals surface area (Å²) in [5, 5.41) is 3.58. The number of anilines is 1. The Morgan fingerprint density at radius 3 is 2.69 bits per heavy atom. The number of benzene rings is 1. The highest BCUT2D eigenvalue weighted by molar-refractivity contribution is 7.15. The number of carbonyl (C=O) groups excluding carboxylic acids is 1. The fourth-order valence-electron chi connectivity index (χ4n) is 3.29. The first-order valence-corrected chi connectivity index (χ1v) is 10.2. The lowest BCUT2D eigenvalue weighted by atomic mass is 9.73. The number of carbonyl (C=O) groups is 1. The van der Waals surface area contributed by atoms with E-state index in [0.29, 0.717) is 22.2 Å². The fraction of sp³-hybridized carbons (Fsp3) is 0.524. The van der Waals surface area contributed by atoms with Crippen molar-refractivity contribution < 1.29 is 9.53 Å². The molecule has 1 atom stereocenters. The second-order valence-corrected chi connectivity index (χ2v) is 9.11. The molecule has 0 spiro atoms. The summed E-state index contributed by atoms with van der Waals surface area (Å²) in [6.45, 7) is 9.02. The summed E-state index contributed by atoms with van der Waals surface area (Å²) in [6.07, 6.45) is 4.23. The second-order valence-electron chi connectivity index (χ2n) is 8.03. The first kappa shape index (κ1) is 18.9. The number of rotatable bonds is 5. The quantitative estimate of drug-likeness (QED) is 0.814. The molecule has 0 saturated carbocycles. The molecule has 4 nitrogen and oxygen atoms in total. The van der Waals surface area contributed by atoms with Crippen molar-refractivity contribution >= 4 is 22.4 Å². The number of aryl methyl sites for hydroxylation is 2. The molecular weight excluding hydrogens is 344 g/mol. The van der Waals surface area contributed by atoms with Gasteiger partial charge in [-0.1, -0.05) is 39.8 Å². The third-order valence-corrected chi connectivity index (χ3v) is 6.15. The van der Waals surface area contributed by atoms with Gasteiger partial charge in [0.2, 0.25) is 0 Å². The monoisotopic (exact) mass is 372 g/mol. The molecule has 5 heteroatoms. The van der Waals surface area contributed by atoms with E-state index in [2.05, 4.69) is 38.0 Å². The van der Waals surface area contributed by atoms with Gasteiger partial charge in [-0.25, -0.2) is 4.98 Å². The lowest BCUT2D eigenvalue weighted by Crippen LogP contribution is -2.26. The van der Waals surface area contributed by atoms with Crippen molar-refractivity contribution in [3.8, 4) is 5.75 Å². The van der Waals surface area contributed by atoms with E-state index in [1.165, 1.54) is 16.9 Å². The molecule has 140 valence electrons. The average molecular weight is 373 g/mol. The van der Waals surface area contributed by atoms with E-state index in [9.17, 15) is 4.79 Å². The molecule has 2 aromatic rings. The molecule has 1 N–H and O–H groups in total. The van der Waals surface area contributed by atoms with Crippen LogP contribution in [0.4, 0.5) is 5.13 Å². The van der Waals surface area contributed by atoms with Gasteiger partial charge < -0.3 is 4.74 Å². The lowest BCUT2D eigenvalue weighted by Gasteiger charge is -2.33. The van der Waals surface area contributed by atoms with Crippen molar-refractivity contribution in [2.45, 2.75) is 53.4 Å². The predicted octanol–water partition coefficient (Wildman–Crippen LogP) is 4.87. The van der Waals surface area contributed by atoms with Gasteiger partial charge in [0, 0.05) is 4.88 Å². The number of thiazole rings is 1. The van der Waals surface area contributed by atoms with Gasteiger partial charge in [-0.15, -0.1) is 11.3 Å². The van der Waals surface area contributed by atoms with Crippen LogP contribution in [0.3, 0.4) is 0 Å². The van der Waals surface area contributed by atoms with Crippen LogP contribution in [0, 0.1) is 11.3 Å². The largest absolute Gasteiger partial charge is 0.484 e. The Kier molecular flexibility index (Phi) is 5.66. The van der Waals surface area contributed by atoms with Gasteiger partial charge in [0.1, 0.15) is 5.75 Å². The molecule has 1 aliphatic carbocycles. The van der Waals surface area contributed by atoms with Crippen LogP contribution in [0.5, 0.6) is 5.75 Å². The number of aromatic nitrogens is 1. The minimum atomic E-state index is -0.164. The third kappa shape index (κ3) is 4.64. The standard InChI is InChI=1S/C21H28N2O2S/c1-5-14-6-9-16(10-7-14)25-13-19(24)23-20-22-17-11-8-15(21(2,3)4)12-18(17)26-20/h6-7,9-10,15H,5,8,11-13H2,1-4H3,(H,22,23,24)/t15-/m0/s1. The Morgan fingerprint density at radius 2 is 2.04 bits per heavy atom. The molecule has 3 rings (SSSR count). The maximum atomic E-state index is 12.2. The normalized spacial score (nSPS) is 16.8. The average Bonchev–Trinajstić information content (AvgIpc) is 3.01. The smallest absolute Gasteiger partial charge is 0.264 e. The second kappa shape index (κ2) is 7.78. The molecule has 0 fully saturated rings. The summed E-state index contributed by atoms with van der Waals surface area (Å²) in [7, 11) is 0. The molecule has 0 aliphatic heterocycles.